The number of fused-ring (bicyclic) bond motifs is 1. The van der Waals surface area contributed by atoms with Crippen LogP contribution in [-0.4, -0.2) is 32.9 Å². The van der Waals surface area contributed by atoms with E-state index in [1.165, 1.54) is 21.9 Å². The molecule has 0 saturated carbocycles. The van der Waals surface area contributed by atoms with Crippen molar-refractivity contribution in [2.45, 2.75) is 32.6 Å². The fourth-order valence-corrected chi connectivity index (χ4v) is 4.13. The highest BCUT2D eigenvalue weighted by Crippen LogP contribution is 2.28. The predicted molar refractivity (Wildman–Crippen MR) is 107 cm³/mol. The van der Waals surface area contributed by atoms with Gasteiger partial charge in [0.05, 0.1) is 0 Å². The van der Waals surface area contributed by atoms with Crippen LogP contribution in [0.2, 0.25) is 0 Å². The predicted octanol–water partition coefficient (Wildman–Crippen LogP) is 2.54. The zero-order valence-electron chi connectivity index (χ0n) is 15.9. The summed E-state index contributed by atoms with van der Waals surface area (Å²) in [4.78, 5) is 43.2. The second kappa shape index (κ2) is 7.55. The van der Waals surface area contributed by atoms with Crippen molar-refractivity contribution in [1.29, 1.82) is 0 Å². The lowest BCUT2D eigenvalue weighted by Crippen LogP contribution is -2.47. The minimum atomic E-state index is -1.28. The normalized spacial score (nSPS) is 13.2. The zero-order valence-corrected chi connectivity index (χ0v) is 16.7. The summed E-state index contributed by atoms with van der Waals surface area (Å²) in [7, 11) is 0. The molecule has 146 valence electrons. The minimum Gasteiger partial charge on any atom is -0.481 e. The molecule has 0 spiro atoms. The van der Waals surface area contributed by atoms with Crippen molar-refractivity contribution in [1.82, 2.24) is 14.7 Å². The molecular formula is C20H21N3O4S. The summed E-state index contributed by atoms with van der Waals surface area (Å²) in [6.45, 7) is 5.31. The third-order valence-corrected chi connectivity index (χ3v) is 6.22. The third-order valence-electron chi connectivity index (χ3n) is 5.15. The monoisotopic (exact) mass is 399 g/mol. The number of amides is 1. The molecule has 0 saturated heterocycles. The fourth-order valence-electron chi connectivity index (χ4n) is 3.20. The number of benzene rings is 1. The van der Waals surface area contributed by atoms with Crippen LogP contribution in [0, 0.1) is 13.8 Å². The number of carboxylic acid groups (broad SMARTS) is 1. The Morgan fingerprint density at radius 3 is 2.54 bits per heavy atom. The van der Waals surface area contributed by atoms with Crippen molar-refractivity contribution in [3.63, 3.8) is 0 Å². The van der Waals surface area contributed by atoms with Gasteiger partial charge in [0.15, 0.2) is 4.96 Å². The molecule has 3 aromatic rings. The number of hydrogen-bond acceptors (Lipinski definition) is 5. The number of aromatic nitrogens is 2. The average Bonchev–Trinajstić information content (AvgIpc) is 2.98. The topological polar surface area (TPSA) is 101 Å². The van der Waals surface area contributed by atoms with Crippen LogP contribution in [-0.2, 0) is 10.2 Å². The van der Waals surface area contributed by atoms with Crippen LogP contribution < -0.4 is 10.9 Å². The smallest absolute Gasteiger partial charge is 0.315 e. The molecule has 1 aromatic carbocycles. The summed E-state index contributed by atoms with van der Waals surface area (Å²) in [5.41, 5.74) is -0.507. The highest BCUT2D eigenvalue weighted by atomic mass is 32.1. The quantitative estimate of drug-likeness (QED) is 0.663. The molecule has 2 aromatic heterocycles. The van der Waals surface area contributed by atoms with Crippen LogP contribution >= 0.6 is 11.3 Å². The van der Waals surface area contributed by atoms with E-state index in [1.807, 2.05) is 6.92 Å². The summed E-state index contributed by atoms with van der Waals surface area (Å²) < 4.78 is 1.41. The van der Waals surface area contributed by atoms with E-state index >= 15 is 0 Å². The Morgan fingerprint density at radius 2 is 1.93 bits per heavy atom. The highest BCUT2D eigenvalue weighted by Gasteiger charge is 2.39. The van der Waals surface area contributed by atoms with Gasteiger partial charge in [-0.2, -0.15) is 0 Å². The summed E-state index contributed by atoms with van der Waals surface area (Å²) >= 11 is 1.38. The third kappa shape index (κ3) is 3.20. The molecule has 0 aliphatic carbocycles. The molecule has 8 heteroatoms. The maximum Gasteiger partial charge on any atom is 0.315 e. The molecule has 3 rings (SSSR count). The van der Waals surface area contributed by atoms with Gasteiger partial charge in [-0.05, 0) is 25.8 Å². The number of carbonyl (C=O) groups is 2. The van der Waals surface area contributed by atoms with Gasteiger partial charge in [-0.1, -0.05) is 37.3 Å². The highest BCUT2D eigenvalue weighted by molar-refractivity contribution is 7.17. The summed E-state index contributed by atoms with van der Waals surface area (Å²) in [6, 6.07) is 8.78. The Labute approximate surface area is 165 Å². The Kier molecular flexibility index (Phi) is 5.33. The molecule has 0 radical (unpaired) electrons. The van der Waals surface area contributed by atoms with Crippen LogP contribution in [0.15, 0.2) is 41.3 Å². The first-order chi connectivity index (χ1) is 13.3. The molecule has 1 atom stereocenters. The van der Waals surface area contributed by atoms with Gasteiger partial charge in [0.1, 0.15) is 11.0 Å². The number of carbonyl (C=O) groups excluding carboxylic acids is 1. The number of aliphatic carboxylic acids is 1. The van der Waals surface area contributed by atoms with Crippen molar-refractivity contribution in [2.24, 2.45) is 0 Å². The number of carboxylic acids is 1. The average molecular weight is 399 g/mol. The molecule has 2 N–H and O–H groups in total. The van der Waals surface area contributed by atoms with E-state index in [1.54, 1.807) is 44.2 Å². The lowest BCUT2D eigenvalue weighted by molar-refractivity contribution is -0.143. The van der Waals surface area contributed by atoms with Crippen LogP contribution in [0.1, 0.15) is 39.8 Å². The summed E-state index contributed by atoms with van der Waals surface area (Å²) in [5, 5.41) is 12.5. The molecule has 28 heavy (non-hydrogen) atoms. The van der Waals surface area contributed by atoms with Crippen molar-refractivity contribution in [3.8, 4) is 0 Å². The van der Waals surface area contributed by atoms with E-state index < -0.39 is 22.9 Å². The van der Waals surface area contributed by atoms with Gasteiger partial charge < -0.3 is 10.4 Å². The Hall–Kier alpha value is -3.00. The van der Waals surface area contributed by atoms with Gasteiger partial charge in [0.2, 0.25) is 0 Å². The zero-order chi connectivity index (χ0) is 20.5. The molecule has 0 bridgehead atoms. The second-order valence-corrected chi connectivity index (χ2v) is 7.81. The van der Waals surface area contributed by atoms with E-state index in [4.69, 9.17) is 0 Å². The standard InChI is InChI=1S/C20H21N3O4S/c1-4-20(18(26)27,14-8-6-5-7-9-14)11-22-16(24)15-10-21-19-23(17(15)25)12(2)13(3)28-19/h5-10H,4,11H2,1-3H3,(H,22,24)(H,26,27). The number of nitrogens with zero attached hydrogens (tertiary/aromatic N) is 2. The largest absolute Gasteiger partial charge is 0.481 e. The minimum absolute atomic E-state index is 0.109. The SMILES string of the molecule is CCC(CNC(=O)c1cnc2sc(C)c(C)n2c1=O)(C(=O)O)c1ccccc1. The van der Waals surface area contributed by atoms with Crippen molar-refractivity contribution < 1.29 is 14.7 Å². The van der Waals surface area contributed by atoms with Crippen LogP contribution in [0.4, 0.5) is 0 Å². The first-order valence-corrected chi connectivity index (χ1v) is 9.68. The maximum atomic E-state index is 12.8. The lowest BCUT2D eigenvalue weighted by Gasteiger charge is -2.29. The van der Waals surface area contributed by atoms with Gasteiger partial charge in [-0.3, -0.25) is 18.8 Å². The van der Waals surface area contributed by atoms with Crippen LogP contribution in [0.5, 0.6) is 0 Å². The number of thiazole rings is 1. The first kappa shape index (κ1) is 19.8. The van der Waals surface area contributed by atoms with Gasteiger partial charge >= 0.3 is 5.97 Å². The first-order valence-electron chi connectivity index (χ1n) is 8.86. The van der Waals surface area contributed by atoms with Gasteiger partial charge in [-0.15, -0.1) is 11.3 Å². The molecule has 0 aliphatic heterocycles. The molecule has 0 fully saturated rings. The van der Waals surface area contributed by atoms with Crippen LogP contribution in [0.25, 0.3) is 4.96 Å². The molecule has 7 nitrogen and oxygen atoms in total. The second-order valence-electron chi connectivity index (χ2n) is 6.63. The van der Waals surface area contributed by atoms with Crippen molar-refractivity contribution in [3.05, 3.63) is 68.6 Å². The van der Waals surface area contributed by atoms with Crippen molar-refractivity contribution in [2.75, 3.05) is 6.54 Å². The number of rotatable bonds is 6. The van der Waals surface area contributed by atoms with E-state index in [-0.39, 0.29) is 18.5 Å². The Balaban J connectivity index is 1.93. The molecule has 0 aliphatic rings. The Morgan fingerprint density at radius 1 is 1.25 bits per heavy atom. The van der Waals surface area contributed by atoms with Crippen molar-refractivity contribution >= 4 is 28.2 Å². The van der Waals surface area contributed by atoms with E-state index in [2.05, 4.69) is 10.3 Å². The van der Waals surface area contributed by atoms with Gasteiger partial charge in [-0.25, -0.2) is 4.98 Å². The van der Waals surface area contributed by atoms with E-state index in [9.17, 15) is 19.5 Å². The lowest BCUT2D eigenvalue weighted by atomic mass is 9.78. The van der Waals surface area contributed by atoms with Gasteiger partial charge in [0.25, 0.3) is 11.5 Å². The number of aryl methyl sites for hydroxylation is 2. The van der Waals surface area contributed by atoms with Gasteiger partial charge in [0, 0.05) is 23.3 Å². The maximum absolute atomic E-state index is 12.8. The summed E-state index contributed by atoms with van der Waals surface area (Å²) in [5.74, 6) is -1.67. The molecule has 1 amide bonds. The number of nitrogens with one attached hydrogen (secondary N) is 1. The molecular weight excluding hydrogens is 378 g/mol. The molecule has 2 heterocycles. The Bertz CT molecular complexity index is 1100. The van der Waals surface area contributed by atoms with Crippen LogP contribution in [0.3, 0.4) is 0 Å². The number of hydrogen-bond donors (Lipinski definition) is 2. The van der Waals surface area contributed by atoms with E-state index in [0.717, 1.165) is 10.6 Å². The fraction of sp³-hybridized carbons (Fsp3) is 0.300. The van der Waals surface area contributed by atoms with E-state index in [0.29, 0.717) is 10.5 Å². The molecule has 1 unspecified atom stereocenters. The summed E-state index contributed by atoms with van der Waals surface area (Å²) in [6.07, 6.45) is 1.53.